The topological polar surface area (TPSA) is 128 Å². The highest BCUT2D eigenvalue weighted by Gasteiger charge is 2.18. The van der Waals surface area contributed by atoms with Crippen molar-refractivity contribution in [3.63, 3.8) is 0 Å². The summed E-state index contributed by atoms with van der Waals surface area (Å²) in [7, 11) is 2.64. The Labute approximate surface area is 196 Å². The molecule has 3 rings (SSSR count). The Hall–Kier alpha value is -4.25. The molecule has 2 amide bonds. The first-order valence-corrected chi connectivity index (χ1v) is 10.0. The molecule has 0 bridgehead atoms. The number of anilines is 2. The smallest absolute Gasteiger partial charge is 0.340 e. The van der Waals surface area contributed by atoms with Gasteiger partial charge in [0, 0.05) is 30.7 Å². The minimum Gasteiger partial charge on any atom is -0.452 e. The van der Waals surface area contributed by atoms with Crippen molar-refractivity contribution in [2.45, 2.75) is 0 Å². The quantitative estimate of drug-likeness (QED) is 0.510. The molecule has 10 nitrogen and oxygen atoms in total. The van der Waals surface area contributed by atoms with E-state index in [0.29, 0.717) is 0 Å². The van der Waals surface area contributed by atoms with Crippen LogP contribution < -0.4 is 21.9 Å². The summed E-state index contributed by atoms with van der Waals surface area (Å²) in [6.07, 6.45) is 0. The maximum atomic E-state index is 13.1. The van der Waals surface area contributed by atoms with Gasteiger partial charge in [0.1, 0.15) is 11.6 Å². The summed E-state index contributed by atoms with van der Waals surface area (Å²) in [6, 6.07) is 9.80. The molecule has 0 saturated heterocycles. The first-order valence-electron chi connectivity index (χ1n) is 9.67. The van der Waals surface area contributed by atoms with E-state index in [9.17, 15) is 28.4 Å². The molecule has 2 N–H and O–H groups in total. The van der Waals surface area contributed by atoms with Gasteiger partial charge < -0.3 is 15.4 Å². The van der Waals surface area contributed by atoms with Crippen LogP contribution >= 0.6 is 11.6 Å². The van der Waals surface area contributed by atoms with Crippen LogP contribution in [0.5, 0.6) is 0 Å². The fourth-order valence-corrected chi connectivity index (χ4v) is 3.01. The number of nitrogens with zero attached hydrogens (tertiary/aromatic N) is 2. The van der Waals surface area contributed by atoms with Gasteiger partial charge >= 0.3 is 11.7 Å². The van der Waals surface area contributed by atoms with Crippen molar-refractivity contribution in [1.29, 1.82) is 0 Å². The average Bonchev–Trinajstić information content (AvgIpc) is 2.80. The summed E-state index contributed by atoms with van der Waals surface area (Å²) in [5.41, 5.74) is -1.21. The lowest BCUT2D eigenvalue weighted by Gasteiger charge is -2.13. The summed E-state index contributed by atoms with van der Waals surface area (Å²) in [5, 5.41) is 5.04. The molecule has 0 radical (unpaired) electrons. The van der Waals surface area contributed by atoms with Crippen LogP contribution in [-0.2, 0) is 23.6 Å². The van der Waals surface area contributed by atoms with Crippen molar-refractivity contribution in [1.82, 2.24) is 9.13 Å². The predicted octanol–water partition coefficient (Wildman–Crippen LogP) is 1.92. The molecule has 0 aliphatic carbocycles. The molecule has 0 unspecified atom stereocenters. The van der Waals surface area contributed by atoms with E-state index in [4.69, 9.17) is 16.3 Å². The maximum Gasteiger partial charge on any atom is 0.340 e. The number of hydrogen-bond donors (Lipinski definition) is 2. The molecule has 0 atom stereocenters. The van der Waals surface area contributed by atoms with Crippen LogP contribution in [0.2, 0.25) is 5.02 Å². The van der Waals surface area contributed by atoms with Crippen molar-refractivity contribution >= 4 is 40.9 Å². The number of amides is 2. The van der Waals surface area contributed by atoms with E-state index in [2.05, 4.69) is 10.6 Å². The fraction of sp³-hybridized carbons (Fsp3) is 0.136. The lowest BCUT2D eigenvalue weighted by atomic mass is 10.1. The summed E-state index contributed by atoms with van der Waals surface area (Å²) in [6.45, 7) is -0.740. The van der Waals surface area contributed by atoms with Crippen LogP contribution in [-0.4, -0.2) is 33.5 Å². The molecule has 2 aromatic carbocycles. The second kappa shape index (κ2) is 10.1. The third kappa shape index (κ3) is 5.56. The number of benzene rings is 2. The van der Waals surface area contributed by atoms with Crippen molar-refractivity contribution in [2.75, 3.05) is 17.2 Å². The lowest BCUT2D eigenvalue weighted by molar-refractivity contribution is -0.119. The fourth-order valence-electron chi connectivity index (χ4n) is 2.83. The zero-order valence-corrected chi connectivity index (χ0v) is 18.7. The molecule has 1 aromatic heterocycles. The number of esters is 1. The van der Waals surface area contributed by atoms with Gasteiger partial charge in [0.15, 0.2) is 6.61 Å². The minimum absolute atomic E-state index is 0.0150. The molecule has 0 spiro atoms. The SMILES string of the molecule is Cn1c(NC(=O)COC(=O)c2ccc(Cl)cc2NC(=O)c2ccc(F)cc2)cc(=O)n(C)c1=O. The highest BCUT2D eigenvalue weighted by Crippen LogP contribution is 2.23. The molecule has 1 heterocycles. The van der Waals surface area contributed by atoms with Gasteiger partial charge in [0.25, 0.3) is 17.4 Å². The zero-order chi connectivity index (χ0) is 25.0. The van der Waals surface area contributed by atoms with E-state index in [0.717, 1.165) is 27.3 Å². The van der Waals surface area contributed by atoms with E-state index in [1.165, 1.54) is 44.4 Å². The van der Waals surface area contributed by atoms with Crippen LogP contribution in [0.4, 0.5) is 15.9 Å². The standard InChI is InChI=1S/C22H18ClFN4O6/c1-27-17(10-19(30)28(2)22(27)33)26-18(29)11-34-21(32)15-8-5-13(23)9-16(15)25-20(31)12-3-6-14(24)7-4-12/h3-10H,11H2,1-2H3,(H,25,31)(H,26,29). The van der Waals surface area contributed by atoms with Crippen LogP contribution in [0.1, 0.15) is 20.7 Å². The van der Waals surface area contributed by atoms with Crippen molar-refractivity contribution in [3.8, 4) is 0 Å². The van der Waals surface area contributed by atoms with Gasteiger partial charge in [-0.15, -0.1) is 0 Å². The van der Waals surface area contributed by atoms with E-state index < -0.39 is 41.5 Å². The number of carbonyl (C=O) groups is 3. The number of rotatable bonds is 6. The molecule has 0 saturated carbocycles. The van der Waals surface area contributed by atoms with Gasteiger partial charge in [-0.25, -0.2) is 14.0 Å². The number of halogens is 2. The molecule has 176 valence electrons. The Morgan fingerprint density at radius 2 is 1.65 bits per heavy atom. The normalized spacial score (nSPS) is 10.5. The van der Waals surface area contributed by atoms with Gasteiger partial charge in [0.05, 0.1) is 11.3 Å². The van der Waals surface area contributed by atoms with Gasteiger partial charge in [-0.1, -0.05) is 11.6 Å². The second-order valence-corrected chi connectivity index (χ2v) is 7.48. The Bertz CT molecular complexity index is 1400. The monoisotopic (exact) mass is 488 g/mol. The van der Waals surface area contributed by atoms with Crippen molar-refractivity contribution < 1.29 is 23.5 Å². The molecule has 0 aliphatic heterocycles. The van der Waals surface area contributed by atoms with Gasteiger partial charge in [-0.2, -0.15) is 0 Å². The van der Waals surface area contributed by atoms with Crippen LogP contribution in [0.15, 0.2) is 58.1 Å². The second-order valence-electron chi connectivity index (χ2n) is 7.04. The predicted molar refractivity (Wildman–Crippen MR) is 122 cm³/mol. The van der Waals surface area contributed by atoms with Crippen molar-refractivity contribution in [3.05, 3.63) is 91.3 Å². The molecule has 12 heteroatoms. The first kappa shape index (κ1) is 24.4. The van der Waals surface area contributed by atoms with Gasteiger partial charge in [-0.05, 0) is 42.5 Å². The number of hydrogen-bond acceptors (Lipinski definition) is 6. The van der Waals surface area contributed by atoms with Crippen molar-refractivity contribution in [2.24, 2.45) is 14.1 Å². The third-order valence-corrected chi connectivity index (χ3v) is 4.92. The largest absolute Gasteiger partial charge is 0.452 e. The van der Waals surface area contributed by atoms with Gasteiger partial charge in [0.2, 0.25) is 0 Å². The number of aromatic nitrogens is 2. The Balaban J connectivity index is 1.71. The number of nitrogens with one attached hydrogen (secondary N) is 2. The summed E-state index contributed by atoms with van der Waals surface area (Å²) < 4.78 is 20.0. The summed E-state index contributed by atoms with van der Waals surface area (Å²) >= 11 is 5.97. The molecule has 0 fully saturated rings. The van der Waals surface area contributed by atoms with E-state index in [-0.39, 0.29) is 27.7 Å². The van der Waals surface area contributed by atoms with E-state index >= 15 is 0 Å². The summed E-state index contributed by atoms with van der Waals surface area (Å²) in [4.78, 5) is 60.9. The molecule has 0 aliphatic rings. The Morgan fingerprint density at radius 3 is 2.32 bits per heavy atom. The van der Waals surface area contributed by atoms with Gasteiger partial charge in [-0.3, -0.25) is 23.5 Å². The Morgan fingerprint density at radius 1 is 0.971 bits per heavy atom. The lowest BCUT2D eigenvalue weighted by Crippen LogP contribution is -2.38. The van der Waals surface area contributed by atoms with E-state index in [1.54, 1.807) is 0 Å². The molecule has 3 aromatic rings. The highest BCUT2D eigenvalue weighted by molar-refractivity contribution is 6.31. The zero-order valence-electron chi connectivity index (χ0n) is 17.9. The minimum atomic E-state index is -0.945. The average molecular weight is 489 g/mol. The number of carbonyl (C=O) groups excluding carboxylic acids is 3. The third-order valence-electron chi connectivity index (χ3n) is 4.68. The Kier molecular flexibility index (Phi) is 7.27. The maximum absolute atomic E-state index is 13.1. The van der Waals surface area contributed by atoms with Crippen LogP contribution in [0.3, 0.4) is 0 Å². The number of ether oxygens (including phenoxy) is 1. The molecule has 34 heavy (non-hydrogen) atoms. The highest BCUT2D eigenvalue weighted by atomic mass is 35.5. The summed E-state index contributed by atoms with van der Waals surface area (Å²) in [5.74, 6) is -2.96. The van der Waals surface area contributed by atoms with Crippen LogP contribution in [0.25, 0.3) is 0 Å². The molecular weight excluding hydrogens is 471 g/mol. The first-order chi connectivity index (χ1) is 16.1. The van der Waals surface area contributed by atoms with Crippen LogP contribution in [0, 0.1) is 5.82 Å². The molecular formula is C22H18ClFN4O6. The van der Waals surface area contributed by atoms with E-state index in [1.807, 2.05) is 0 Å².